The molecule has 0 saturated carbocycles. The van der Waals surface area contributed by atoms with Gasteiger partial charge < -0.3 is 13.7 Å². The molecule has 11 aromatic rings. The van der Waals surface area contributed by atoms with Gasteiger partial charge in [0.25, 0.3) is 0 Å². The minimum atomic E-state index is -0.307. The molecule has 0 aliphatic heterocycles. The molecular weight excluding hydrogens is 1160 g/mol. The molecule has 3 aliphatic rings. The van der Waals surface area contributed by atoms with Gasteiger partial charge >= 0.3 is 0 Å². The Balaban J connectivity index is 0.960. The van der Waals surface area contributed by atoms with Crippen LogP contribution in [0.2, 0.25) is 0 Å². The van der Waals surface area contributed by atoms with Crippen molar-refractivity contribution in [2.45, 2.75) is 251 Å². The van der Waals surface area contributed by atoms with Crippen LogP contribution in [-0.4, -0.2) is 0 Å². The lowest BCUT2D eigenvalue weighted by Gasteiger charge is -2.35. The van der Waals surface area contributed by atoms with E-state index in [0.29, 0.717) is 0 Å². The quantitative estimate of drug-likeness (QED) is 0.0394. The number of nitrogens with zero attached hydrogens (tertiary/aromatic N) is 1. The van der Waals surface area contributed by atoms with Gasteiger partial charge in [-0.15, -0.1) is 0 Å². The van der Waals surface area contributed by atoms with Crippen LogP contribution in [0.25, 0.3) is 88.4 Å². The van der Waals surface area contributed by atoms with E-state index in [1.807, 2.05) is 0 Å². The topological polar surface area (TPSA) is 29.5 Å². The zero-order valence-corrected chi connectivity index (χ0v) is 59.7. The van der Waals surface area contributed by atoms with E-state index in [4.69, 9.17) is 8.83 Å². The Bertz CT molecular complexity index is 4510. The molecule has 3 aliphatic carbocycles. The van der Waals surface area contributed by atoms with E-state index in [9.17, 15) is 0 Å². The van der Waals surface area contributed by atoms with Gasteiger partial charge in [-0.05, 0) is 185 Å². The van der Waals surface area contributed by atoms with Gasteiger partial charge in [0, 0.05) is 60.4 Å². The van der Waals surface area contributed by atoms with Crippen LogP contribution in [0.4, 0.5) is 17.1 Å². The molecule has 2 aromatic heterocycles. The second-order valence-electron chi connectivity index (χ2n) is 30.4. The number of furan rings is 2. The molecule has 0 radical (unpaired) electrons. The van der Waals surface area contributed by atoms with Gasteiger partial charge in [-0.25, -0.2) is 0 Å². The van der Waals surface area contributed by atoms with Crippen LogP contribution in [0, 0.1) is 13.8 Å². The number of fused-ring (bicyclic) bond motifs is 17. The standard InChI is InChI=1S/C93H107NO2/c1-9-13-17-21-25-36-52-92(53-37-26-22-18-14-10-2)77-50-51-85-88(72-42-32-34-44-83(72)95-85)87(77)76-63-80-75(62-81(76)92)70-48-46-69(60-79(70)93(80,54-38-27-23-19-15-11-3)55-39-28-24-20-16-12-4)94(67-40-30-29-31-41-67)68-47-49-71-78(59-68)91(7,8)82-61-74(66-57-64(5)56-65(6)58-66)90-89(86(71)82)73-43-33-35-45-84(73)96-90/h29-35,40-51,56-63H,9-28,36-39,52-55H2,1-8H3. The van der Waals surface area contributed by atoms with Gasteiger partial charge in [-0.3, -0.25) is 0 Å². The lowest BCUT2D eigenvalue weighted by Crippen LogP contribution is -2.27. The second-order valence-corrected chi connectivity index (χ2v) is 30.4. The highest BCUT2D eigenvalue weighted by molar-refractivity contribution is 6.19. The Labute approximate surface area is 575 Å². The third-order valence-electron chi connectivity index (χ3n) is 23.5. The van der Waals surface area contributed by atoms with Gasteiger partial charge in [0.1, 0.15) is 22.3 Å². The molecule has 3 heteroatoms. The molecule has 9 aromatic carbocycles. The van der Waals surface area contributed by atoms with Gasteiger partial charge in [-0.2, -0.15) is 0 Å². The highest BCUT2D eigenvalue weighted by Crippen LogP contribution is 2.64. The molecule has 0 atom stereocenters. The van der Waals surface area contributed by atoms with Crippen LogP contribution in [0.5, 0.6) is 0 Å². The Morgan fingerprint density at radius 1 is 0.312 bits per heavy atom. The van der Waals surface area contributed by atoms with Gasteiger partial charge in [0.2, 0.25) is 0 Å². The number of aryl methyl sites for hydroxylation is 2. The van der Waals surface area contributed by atoms with Gasteiger partial charge in [0.15, 0.2) is 0 Å². The number of hydrogen-bond donors (Lipinski definition) is 0. The first-order valence-electron chi connectivity index (χ1n) is 38.4. The molecule has 0 spiro atoms. The minimum absolute atomic E-state index is 0.0888. The molecular formula is C93H107NO2. The zero-order valence-electron chi connectivity index (χ0n) is 59.7. The van der Waals surface area contributed by atoms with Crippen LogP contribution in [-0.2, 0) is 16.2 Å². The maximum Gasteiger partial charge on any atom is 0.143 e. The van der Waals surface area contributed by atoms with Crippen LogP contribution < -0.4 is 4.90 Å². The number of rotatable bonds is 32. The van der Waals surface area contributed by atoms with Crippen LogP contribution in [0.1, 0.15) is 266 Å². The monoisotopic (exact) mass is 1270 g/mol. The van der Waals surface area contributed by atoms with Crippen molar-refractivity contribution in [3.63, 3.8) is 0 Å². The van der Waals surface area contributed by atoms with Crippen molar-refractivity contribution >= 4 is 60.9 Å². The average Bonchev–Trinajstić information content (AvgIpc) is 1.53. The predicted octanol–water partition coefficient (Wildman–Crippen LogP) is 29.1. The average molecular weight is 1270 g/mol. The maximum atomic E-state index is 7.00. The Kier molecular flexibility index (Phi) is 19.5. The number of para-hydroxylation sites is 3. The molecule has 0 saturated heterocycles. The van der Waals surface area contributed by atoms with E-state index < -0.39 is 0 Å². The highest BCUT2D eigenvalue weighted by atomic mass is 16.3. The normalized spacial score (nSPS) is 14.4. The fourth-order valence-electron chi connectivity index (χ4n) is 18.7. The predicted molar refractivity (Wildman–Crippen MR) is 413 cm³/mol. The molecule has 14 rings (SSSR count). The third-order valence-corrected chi connectivity index (χ3v) is 23.5. The van der Waals surface area contributed by atoms with Crippen molar-refractivity contribution in [3.05, 3.63) is 208 Å². The summed E-state index contributed by atoms with van der Waals surface area (Å²) in [6, 6.07) is 64.3. The van der Waals surface area contributed by atoms with Crippen molar-refractivity contribution in [1.29, 1.82) is 0 Å². The summed E-state index contributed by atoms with van der Waals surface area (Å²) in [5.74, 6) is 0. The number of anilines is 3. The van der Waals surface area contributed by atoms with E-state index in [2.05, 4.69) is 224 Å². The van der Waals surface area contributed by atoms with Crippen LogP contribution >= 0.6 is 0 Å². The summed E-state index contributed by atoms with van der Waals surface area (Å²) in [6.45, 7) is 18.8. The molecule has 0 N–H and O–H groups in total. The fourth-order valence-corrected chi connectivity index (χ4v) is 18.7. The molecule has 0 bridgehead atoms. The molecule has 0 unspecified atom stereocenters. The highest BCUT2D eigenvalue weighted by Gasteiger charge is 2.49. The molecule has 2 heterocycles. The summed E-state index contributed by atoms with van der Waals surface area (Å²) in [5, 5.41) is 4.99. The molecule has 3 nitrogen and oxygen atoms in total. The van der Waals surface area contributed by atoms with E-state index >= 15 is 0 Å². The lowest BCUT2D eigenvalue weighted by molar-refractivity contribution is 0.394. The lowest BCUT2D eigenvalue weighted by atomic mass is 9.68. The van der Waals surface area contributed by atoms with E-state index in [1.54, 1.807) is 22.3 Å². The van der Waals surface area contributed by atoms with Crippen LogP contribution in [0.15, 0.2) is 173 Å². The molecule has 496 valence electrons. The van der Waals surface area contributed by atoms with E-state index in [-0.39, 0.29) is 16.2 Å². The first kappa shape index (κ1) is 65.7. The van der Waals surface area contributed by atoms with Crippen LogP contribution in [0.3, 0.4) is 0 Å². The Morgan fingerprint density at radius 2 is 0.760 bits per heavy atom. The van der Waals surface area contributed by atoms with Gasteiger partial charge in [0.05, 0.1) is 0 Å². The third kappa shape index (κ3) is 12.0. The molecule has 0 amide bonds. The second kappa shape index (κ2) is 28.5. The molecule has 0 fully saturated rings. The summed E-state index contributed by atoms with van der Waals surface area (Å²) in [4.78, 5) is 2.61. The van der Waals surface area contributed by atoms with Crippen molar-refractivity contribution in [3.8, 4) is 44.5 Å². The van der Waals surface area contributed by atoms with E-state index in [1.165, 1.54) is 272 Å². The summed E-state index contributed by atoms with van der Waals surface area (Å²) in [7, 11) is 0. The largest absolute Gasteiger partial charge is 0.456 e. The Morgan fingerprint density at radius 3 is 1.34 bits per heavy atom. The SMILES string of the molecule is CCCCCCCCC1(CCCCCCCC)c2cc(N(c3ccccc3)c3ccc4c(c3)C(C)(C)c3cc(-c5cc(C)cc(C)c5)c5oc6ccccc6c5c3-4)ccc2-c2cc3c(cc21)-c1c(ccc2oc4ccccc4c12)C3(CCCCCCCC)CCCCCCCC. The molecule has 96 heavy (non-hydrogen) atoms. The van der Waals surface area contributed by atoms with Gasteiger partial charge in [-0.1, -0.05) is 298 Å². The first-order chi connectivity index (χ1) is 47.0. The summed E-state index contributed by atoms with van der Waals surface area (Å²) in [5.41, 5.74) is 29.4. The van der Waals surface area contributed by atoms with Crippen molar-refractivity contribution in [1.82, 2.24) is 0 Å². The maximum absolute atomic E-state index is 7.00. The zero-order chi connectivity index (χ0) is 66.0. The minimum Gasteiger partial charge on any atom is -0.456 e. The fraction of sp³-hybridized carbons (Fsp3) is 0.419. The van der Waals surface area contributed by atoms with Crippen molar-refractivity contribution in [2.75, 3.05) is 4.90 Å². The van der Waals surface area contributed by atoms with Crippen molar-refractivity contribution in [2.24, 2.45) is 0 Å². The Hall–Kier alpha value is -7.62. The van der Waals surface area contributed by atoms with Crippen molar-refractivity contribution < 1.29 is 8.83 Å². The number of hydrogen-bond acceptors (Lipinski definition) is 3. The first-order valence-corrected chi connectivity index (χ1v) is 38.4. The van der Waals surface area contributed by atoms with E-state index in [0.717, 1.165) is 35.2 Å². The summed E-state index contributed by atoms with van der Waals surface area (Å²) < 4.78 is 13.9. The smallest absolute Gasteiger partial charge is 0.143 e. The summed E-state index contributed by atoms with van der Waals surface area (Å²) in [6.07, 6.45) is 35.7. The number of unbranched alkanes of at least 4 members (excludes halogenated alkanes) is 20. The summed E-state index contributed by atoms with van der Waals surface area (Å²) >= 11 is 0. The number of benzene rings is 9.